The van der Waals surface area contributed by atoms with Crippen molar-refractivity contribution in [3.8, 4) is 5.75 Å². The third kappa shape index (κ3) is 3.84. The molecule has 134 valence electrons. The van der Waals surface area contributed by atoms with Gasteiger partial charge in [0.25, 0.3) is 5.91 Å². The van der Waals surface area contributed by atoms with Crippen LogP contribution in [0.3, 0.4) is 0 Å². The summed E-state index contributed by atoms with van der Waals surface area (Å²) < 4.78 is 25.2. The number of carbonyl (C=O) groups is 1. The molecule has 1 atom stereocenters. The number of thiazole rings is 1. The van der Waals surface area contributed by atoms with Gasteiger partial charge in [0.2, 0.25) is 0 Å². The van der Waals surface area contributed by atoms with Crippen LogP contribution in [0.5, 0.6) is 5.75 Å². The van der Waals surface area contributed by atoms with Gasteiger partial charge in [0.1, 0.15) is 18.2 Å². The quantitative estimate of drug-likeness (QED) is 0.728. The summed E-state index contributed by atoms with van der Waals surface area (Å²) in [5, 5.41) is 3.19. The van der Waals surface area contributed by atoms with Crippen molar-refractivity contribution in [2.45, 2.75) is 18.9 Å². The number of amides is 1. The molecule has 2 heterocycles. The summed E-state index contributed by atoms with van der Waals surface area (Å²) in [6.07, 6.45) is 2.18. The first-order valence-electron chi connectivity index (χ1n) is 8.39. The van der Waals surface area contributed by atoms with Crippen molar-refractivity contribution in [1.82, 2.24) is 4.98 Å². The number of aromatic nitrogens is 1. The van der Waals surface area contributed by atoms with Crippen LogP contribution in [-0.2, 0) is 4.74 Å². The van der Waals surface area contributed by atoms with Gasteiger partial charge in [0.05, 0.1) is 16.3 Å². The summed E-state index contributed by atoms with van der Waals surface area (Å²) in [5.41, 5.74) is 1.13. The lowest BCUT2D eigenvalue weighted by molar-refractivity contribution is 0.0679. The van der Waals surface area contributed by atoms with E-state index >= 15 is 0 Å². The Hall–Kier alpha value is -2.51. The highest BCUT2D eigenvalue weighted by Crippen LogP contribution is 2.27. The van der Waals surface area contributed by atoms with Crippen LogP contribution >= 0.6 is 11.3 Å². The zero-order valence-electron chi connectivity index (χ0n) is 13.9. The third-order valence-corrected chi connectivity index (χ3v) is 5.06. The Morgan fingerprint density at radius 2 is 2.27 bits per heavy atom. The van der Waals surface area contributed by atoms with Crippen LogP contribution in [0.1, 0.15) is 23.2 Å². The highest BCUT2D eigenvalue weighted by molar-refractivity contribution is 7.22. The maximum Gasteiger partial charge on any atom is 0.257 e. The predicted molar refractivity (Wildman–Crippen MR) is 98.4 cm³/mol. The zero-order chi connectivity index (χ0) is 17.9. The fourth-order valence-electron chi connectivity index (χ4n) is 2.81. The molecule has 1 aromatic heterocycles. The normalized spacial score (nSPS) is 16.7. The van der Waals surface area contributed by atoms with Gasteiger partial charge in [-0.05, 0) is 49.2 Å². The number of anilines is 1. The maximum absolute atomic E-state index is 13.3. The van der Waals surface area contributed by atoms with Gasteiger partial charge in [0, 0.05) is 12.2 Å². The van der Waals surface area contributed by atoms with E-state index in [0.29, 0.717) is 33.3 Å². The van der Waals surface area contributed by atoms with Crippen molar-refractivity contribution in [2.24, 2.45) is 0 Å². The molecule has 5 nitrogen and oxygen atoms in total. The van der Waals surface area contributed by atoms with E-state index in [9.17, 15) is 9.18 Å². The number of carbonyl (C=O) groups excluding carboxylic acids is 1. The van der Waals surface area contributed by atoms with E-state index in [1.165, 1.54) is 23.5 Å². The number of fused-ring (bicyclic) bond motifs is 1. The van der Waals surface area contributed by atoms with Crippen LogP contribution in [0, 0.1) is 5.82 Å². The molecule has 1 amide bonds. The van der Waals surface area contributed by atoms with Crippen molar-refractivity contribution in [3.05, 3.63) is 53.8 Å². The molecule has 7 heteroatoms. The van der Waals surface area contributed by atoms with E-state index in [0.717, 1.165) is 19.4 Å². The SMILES string of the molecule is O=C(Nc1nc2ccc(F)cc2s1)c1cccc(OCC2CCCO2)c1. The highest BCUT2D eigenvalue weighted by atomic mass is 32.1. The summed E-state index contributed by atoms with van der Waals surface area (Å²) in [6, 6.07) is 11.3. The second-order valence-corrected chi connectivity index (χ2v) is 7.09. The number of hydrogen-bond acceptors (Lipinski definition) is 5. The largest absolute Gasteiger partial charge is 0.491 e. The molecule has 3 aromatic rings. The van der Waals surface area contributed by atoms with E-state index in [1.807, 2.05) is 6.07 Å². The van der Waals surface area contributed by atoms with E-state index < -0.39 is 0 Å². The zero-order valence-corrected chi connectivity index (χ0v) is 14.7. The number of nitrogens with one attached hydrogen (secondary N) is 1. The van der Waals surface area contributed by atoms with Crippen molar-refractivity contribution in [1.29, 1.82) is 0 Å². The Bertz CT molecular complexity index is 937. The lowest BCUT2D eigenvalue weighted by Gasteiger charge is -2.12. The summed E-state index contributed by atoms with van der Waals surface area (Å²) in [7, 11) is 0. The topological polar surface area (TPSA) is 60.5 Å². The van der Waals surface area contributed by atoms with Gasteiger partial charge in [-0.15, -0.1) is 0 Å². The molecule has 4 rings (SSSR count). The monoisotopic (exact) mass is 372 g/mol. The van der Waals surface area contributed by atoms with Crippen LogP contribution < -0.4 is 10.1 Å². The maximum atomic E-state index is 13.3. The summed E-state index contributed by atoms with van der Waals surface area (Å²) in [6.45, 7) is 1.26. The molecule has 0 radical (unpaired) electrons. The Morgan fingerprint density at radius 3 is 3.12 bits per heavy atom. The Morgan fingerprint density at radius 1 is 1.35 bits per heavy atom. The smallest absolute Gasteiger partial charge is 0.257 e. The van der Waals surface area contributed by atoms with E-state index in [4.69, 9.17) is 9.47 Å². The third-order valence-electron chi connectivity index (χ3n) is 4.13. The first-order valence-corrected chi connectivity index (χ1v) is 9.21. The molecule has 1 fully saturated rings. The van der Waals surface area contributed by atoms with E-state index in [2.05, 4.69) is 10.3 Å². The van der Waals surface area contributed by atoms with Crippen molar-refractivity contribution in [2.75, 3.05) is 18.5 Å². The number of hydrogen-bond donors (Lipinski definition) is 1. The molecule has 1 saturated heterocycles. The minimum atomic E-state index is -0.324. The van der Waals surface area contributed by atoms with E-state index in [-0.39, 0.29) is 17.8 Å². The standard InChI is InChI=1S/C19H17FN2O3S/c20-13-6-7-16-17(10-13)26-19(21-16)22-18(23)12-3-1-4-14(9-12)25-11-15-5-2-8-24-15/h1,3-4,6-7,9-10,15H,2,5,8,11H2,(H,21,22,23). The fraction of sp³-hybridized carbons (Fsp3) is 0.263. The molecule has 1 unspecified atom stereocenters. The molecule has 2 aromatic carbocycles. The number of benzene rings is 2. The summed E-state index contributed by atoms with van der Waals surface area (Å²) in [5.74, 6) is 0.0155. The molecule has 0 saturated carbocycles. The van der Waals surface area contributed by atoms with Gasteiger partial charge >= 0.3 is 0 Å². The molecule has 0 spiro atoms. The van der Waals surface area contributed by atoms with Crippen LogP contribution in [0.15, 0.2) is 42.5 Å². The second-order valence-electron chi connectivity index (χ2n) is 6.06. The molecule has 1 aliphatic heterocycles. The van der Waals surface area contributed by atoms with Gasteiger partial charge in [-0.25, -0.2) is 9.37 Å². The van der Waals surface area contributed by atoms with Crippen molar-refractivity contribution < 1.29 is 18.7 Å². The van der Waals surface area contributed by atoms with Crippen molar-refractivity contribution in [3.63, 3.8) is 0 Å². The van der Waals surface area contributed by atoms with Gasteiger partial charge < -0.3 is 9.47 Å². The number of nitrogens with zero attached hydrogens (tertiary/aromatic N) is 1. The average Bonchev–Trinajstić information content (AvgIpc) is 3.29. The molecule has 0 aliphatic carbocycles. The van der Waals surface area contributed by atoms with Crippen LogP contribution in [0.4, 0.5) is 9.52 Å². The van der Waals surface area contributed by atoms with Gasteiger partial charge in [-0.2, -0.15) is 0 Å². The second kappa shape index (κ2) is 7.39. The van der Waals surface area contributed by atoms with Crippen LogP contribution in [-0.4, -0.2) is 30.2 Å². The molecular formula is C19H17FN2O3S. The van der Waals surface area contributed by atoms with Crippen LogP contribution in [0.2, 0.25) is 0 Å². The van der Waals surface area contributed by atoms with Crippen LogP contribution in [0.25, 0.3) is 10.2 Å². The minimum Gasteiger partial charge on any atom is -0.491 e. The molecular weight excluding hydrogens is 355 g/mol. The Balaban J connectivity index is 1.44. The first kappa shape index (κ1) is 16.9. The average molecular weight is 372 g/mol. The predicted octanol–water partition coefficient (Wildman–Crippen LogP) is 4.25. The number of rotatable bonds is 5. The molecule has 1 N–H and O–H groups in total. The lowest BCUT2D eigenvalue weighted by Crippen LogP contribution is -2.16. The number of ether oxygens (including phenoxy) is 2. The minimum absolute atomic E-state index is 0.121. The van der Waals surface area contributed by atoms with Gasteiger partial charge in [-0.3, -0.25) is 10.1 Å². The molecule has 26 heavy (non-hydrogen) atoms. The lowest BCUT2D eigenvalue weighted by atomic mass is 10.2. The first-order chi connectivity index (χ1) is 12.7. The van der Waals surface area contributed by atoms with Crippen molar-refractivity contribution >= 4 is 32.6 Å². The highest BCUT2D eigenvalue weighted by Gasteiger charge is 2.16. The fourth-order valence-corrected chi connectivity index (χ4v) is 3.70. The Labute approximate surface area is 153 Å². The van der Waals surface area contributed by atoms with Gasteiger partial charge in [0.15, 0.2) is 5.13 Å². The van der Waals surface area contributed by atoms with E-state index in [1.54, 1.807) is 24.3 Å². The van der Waals surface area contributed by atoms with Gasteiger partial charge in [-0.1, -0.05) is 17.4 Å². The Kier molecular flexibility index (Phi) is 4.81. The number of halogens is 1. The molecule has 1 aliphatic rings. The molecule has 0 bridgehead atoms. The summed E-state index contributed by atoms with van der Waals surface area (Å²) in [4.78, 5) is 16.8. The summed E-state index contributed by atoms with van der Waals surface area (Å²) >= 11 is 1.23.